The van der Waals surface area contributed by atoms with E-state index in [9.17, 15) is 13.6 Å². The van der Waals surface area contributed by atoms with E-state index < -0.39 is 23.2 Å². The van der Waals surface area contributed by atoms with Gasteiger partial charge in [0.05, 0.1) is 5.75 Å². The van der Waals surface area contributed by atoms with Gasteiger partial charge < -0.3 is 14.6 Å². The Morgan fingerprint density at radius 1 is 1.10 bits per heavy atom. The number of nitrogens with zero attached hydrogens (tertiary/aromatic N) is 3. The van der Waals surface area contributed by atoms with Crippen molar-refractivity contribution in [3.05, 3.63) is 65.0 Å². The van der Waals surface area contributed by atoms with Crippen LogP contribution in [0.2, 0.25) is 0 Å². The predicted molar refractivity (Wildman–Crippen MR) is 116 cm³/mol. The van der Waals surface area contributed by atoms with Crippen molar-refractivity contribution in [2.45, 2.75) is 45.5 Å². The van der Waals surface area contributed by atoms with Crippen LogP contribution in [-0.4, -0.2) is 26.4 Å². The molecule has 31 heavy (non-hydrogen) atoms. The van der Waals surface area contributed by atoms with E-state index >= 15 is 0 Å². The summed E-state index contributed by atoms with van der Waals surface area (Å²) in [6.45, 7) is 8.14. The van der Waals surface area contributed by atoms with E-state index in [2.05, 4.69) is 15.5 Å². The fraction of sp³-hybridized carbons (Fsp3) is 0.318. The molecule has 1 heterocycles. The number of hydrogen-bond donors (Lipinski definition) is 1. The average molecular weight is 447 g/mol. The molecule has 1 N–H and O–H groups in total. The SMILES string of the molecule is Cc1cccc(C)c1OCc1nnc(SCC(=O)Nc2c(F)cccc2F)n1C(C)C. The number of hydrogen-bond acceptors (Lipinski definition) is 5. The molecule has 0 unspecified atom stereocenters. The summed E-state index contributed by atoms with van der Waals surface area (Å²) in [5, 5.41) is 11.2. The number of nitrogens with one attached hydrogen (secondary N) is 1. The lowest BCUT2D eigenvalue weighted by Crippen LogP contribution is -2.17. The summed E-state index contributed by atoms with van der Waals surface area (Å²) in [7, 11) is 0. The number of carbonyl (C=O) groups is 1. The third-order valence-corrected chi connectivity index (χ3v) is 5.51. The fourth-order valence-electron chi connectivity index (χ4n) is 3.11. The zero-order valence-corrected chi connectivity index (χ0v) is 18.6. The maximum Gasteiger partial charge on any atom is 0.235 e. The molecule has 3 aromatic rings. The molecule has 0 saturated carbocycles. The third kappa shape index (κ3) is 5.41. The predicted octanol–water partition coefficient (Wildman–Crippen LogP) is 5.06. The summed E-state index contributed by atoms with van der Waals surface area (Å²) < 4.78 is 35.3. The number of para-hydroxylation sites is 2. The van der Waals surface area contributed by atoms with E-state index in [1.807, 2.05) is 50.5 Å². The second-order valence-corrected chi connectivity index (χ2v) is 8.25. The lowest BCUT2D eigenvalue weighted by Gasteiger charge is -2.15. The summed E-state index contributed by atoms with van der Waals surface area (Å²) in [4.78, 5) is 12.2. The van der Waals surface area contributed by atoms with Gasteiger partial charge in [-0.05, 0) is 51.0 Å². The summed E-state index contributed by atoms with van der Waals surface area (Å²) >= 11 is 1.14. The number of amides is 1. The smallest absolute Gasteiger partial charge is 0.235 e. The van der Waals surface area contributed by atoms with Crippen LogP contribution in [0.1, 0.15) is 36.8 Å². The molecule has 0 aliphatic carbocycles. The number of ether oxygens (including phenoxy) is 1. The van der Waals surface area contributed by atoms with Crippen molar-refractivity contribution in [2.24, 2.45) is 0 Å². The van der Waals surface area contributed by atoms with E-state index in [1.54, 1.807) is 0 Å². The molecule has 0 atom stereocenters. The summed E-state index contributed by atoms with van der Waals surface area (Å²) in [6.07, 6.45) is 0. The van der Waals surface area contributed by atoms with Gasteiger partial charge in [-0.1, -0.05) is 36.0 Å². The quantitative estimate of drug-likeness (QED) is 0.490. The number of anilines is 1. The van der Waals surface area contributed by atoms with E-state index in [4.69, 9.17) is 4.74 Å². The Balaban J connectivity index is 1.68. The molecule has 1 amide bonds. The molecule has 6 nitrogen and oxygen atoms in total. The minimum Gasteiger partial charge on any atom is -0.485 e. The zero-order valence-electron chi connectivity index (χ0n) is 17.8. The van der Waals surface area contributed by atoms with E-state index in [0.29, 0.717) is 11.0 Å². The summed E-state index contributed by atoms with van der Waals surface area (Å²) in [5.41, 5.74) is 1.60. The Hall–Kier alpha value is -2.94. The van der Waals surface area contributed by atoms with Gasteiger partial charge >= 0.3 is 0 Å². The highest BCUT2D eigenvalue weighted by molar-refractivity contribution is 7.99. The van der Waals surface area contributed by atoms with Gasteiger partial charge in [0.2, 0.25) is 5.91 Å². The first-order chi connectivity index (χ1) is 14.8. The molecule has 3 rings (SSSR count). The van der Waals surface area contributed by atoms with Crippen LogP contribution < -0.4 is 10.1 Å². The maximum absolute atomic E-state index is 13.7. The van der Waals surface area contributed by atoms with Crippen molar-refractivity contribution < 1.29 is 18.3 Å². The van der Waals surface area contributed by atoms with Gasteiger partial charge in [0.15, 0.2) is 11.0 Å². The van der Waals surface area contributed by atoms with Gasteiger partial charge in [-0.3, -0.25) is 4.79 Å². The summed E-state index contributed by atoms with van der Waals surface area (Å²) in [5.74, 6) is -0.831. The Kier molecular flexibility index (Phi) is 7.27. The van der Waals surface area contributed by atoms with Crippen LogP contribution in [0.25, 0.3) is 0 Å². The number of aryl methyl sites for hydroxylation is 2. The molecule has 0 saturated heterocycles. The standard InChI is InChI=1S/C22H24F2N4O2S/c1-13(2)28-18(11-30-21-14(3)7-5-8-15(21)4)26-27-22(28)31-12-19(29)25-20-16(23)9-6-10-17(20)24/h5-10,13H,11-12H2,1-4H3,(H,25,29). The minimum atomic E-state index is -0.824. The number of benzene rings is 2. The first-order valence-corrected chi connectivity index (χ1v) is 10.8. The molecule has 1 aromatic heterocycles. The second kappa shape index (κ2) is 9.91. The molecule has 0 fully saturated rings. The van der Waals surface area contributed by atoms with Crippen molar-refractivity contribution in [3.63, 3.8) is 0 Å². The average Bonchev–Trinajstić information content (AvgIpc) is 3.12. The highest BCUT2D eigenvalue weighted by Gasteiger charge is 2.19. The van der Waals surface area contributed by atoms with Crippen molar-refractivity contribution >= 4 is 23.4 Å². The van der Waals surface area contributed by atoms with Crippen LogP contribution in [0.4, 0.5) is 14.5 Å². The molecule has 164 valence electrons. The number of halogens is 2. The molecule has 0 aliphatic rings. The lowest BCUT2D eigenvalue weighted by molar-refractivity contribution is -0.113. The van der Waals surface area contributed by atoms with Crippen molar-refractivity contribution in [1.82, 2.24) is 14.8 Å². The van der Waals surface area contributed by atoms with E-state index in [-0.39, 0.29) is 18.4 Å². The molecule has 0 radical (unpaired) electrons. The number of thioether (sulfide) groups is 1. The number of rotatable bonds is 8. The maximum atomic E-state index is 13.7. The first-order valence-electron chi connectivity index (χ1n) is 9.77. The van der Waals surface area contributed by atoms with Crippen LogP contribution in [0.5, 0.6) is 5.75 Å². The Bertz CT molecular complexity index is 1040. The topological polar surface area (TPSA) is 69.0 Å². The third-order valence-electron chi connectivity index (χ3n) is 4.57. The van der Waals surface area contributed by atoms with Crippen LogP contribution in [0.15, 0.2) is 41.6 Å². The Labute approximate surface area is 184 Å². The van der Waals surface area contributed by atoms with Gasteiger partial charge in [0.1, 0.15) is 29.7 Å². The normalized spacial score (nSPS) is 11.1. The van der Waals surface area contributed by atoms with Crippen molar-refractivity contribution in [3.8, 4) is 5.75 Å². The van der Waals surface area contributed by atoms with E-state index in [0.717, 1.165) is 40.8 Å². The largest absolute Gasteiger partial charge is 0.485 e. The van der Waals surface area contributed by atoms with Crippen LogP contribution >= 0.6 is 11.8 Å². The molecular weight excluding hydrogens is 422 g/mol. The highest BCUT2D eigenvalue weighted by atomic mass is 32.2. The molecule has 0 aliphatic heterocycles. The molecule has 9 heteroatoms. The van der Waals surface area contributed by atoms with Gasteiger partial charge in [-0.15, -0.1) is 10.2 Å². The van der Waals surface area contributed by atoms with Crippen LogP contribution in [0, 0.1) is 25.5 Å². The van der Waals surface area contributed by atoms with Crippen LogP contribution in [-0.2, 0) is 11.4 Å². The van der Waals surface area contributed by atoms with Gasteiger partial charge in [0.25, 0.3) is 0 Å². The Morgan fingerprint density at radius 2 is 1.71 bits per heavy atom. The number of aromatic nitrogens is 3. The van der Waals surface area contributed by atoms with E-state index in [1.165, 1.54) is 6.07 Å². The minimum absolute atomic E-state index is 0.0288. The molecule has 0 spiro atoms. The second-order valence-electron chi connectivity index (χ2n) is 7.31. The molecular formula is C22H24F2N4O2S. The monoisotopic (exact) mass is 446 g/mol. The van der Waals surface area contributed by atoms with Gasteiger partial charge in [-0.25, -0.2) is 8.78 Å². The van der Waals surface area contributed by atoms with Crippen molar-refractivity contribution in [2.75, 3.05) is 11.1 Å². The zero-order chi connectivity index (χ0) is 22.5. The summed E-state index contributed by atoms with van der Waals surface area (Å²) in [6, 6.07) is 9.37. The molecule has 2 aromatic carbocycles. The lowest BCUT2D eigenvalue weighted by atomic mass is 10.1. The van der Waals surface area contributed by atoms with Crippen LogP contribution in [0.3, 0.4) is 0 Å². The Morgan fingerprint density at radius 3 is 2.32 bits per heavy atom. The van der Waals surface area contributed by atoms with Crippen molar-refractivity contribution in [1.29, 1.82) is 0 Å². The highest BCUT2D eigenvalue weighted by Crippen LogP contribution is 2.26. The van der Waals surface area contributed by atoms with Gasteiger partial charge in [0, 0.05) is 6.04 Å². The van der Waals surface area contributed by atoms with Gasteiger partial charge in [-0.2, -0.15) is 0 Å². The fourth-order valence-corrected chi connectivity index (χ4v) is 4.00. The molecule has 0 bridgehead atoms. The first kappa shape index (κ1) is 22.7. The number of carbonyl (C=O) groups excluding carboxylic acids is 1.